The van der Waals surface area contributed by atoms with Crippen LogP contribution < -0.4 is 5.73 Å². The molecule has 0 fully saturated rings. The Balaban J connectivity index is 1.88. The summed E-state index contributed by atoms with van der Waals surface area (Å²) in [5, 5.41) is 0. The highest BCUT2D eigenvalue weighted by atomic mass is 16.6. The number of rotatable bonds is 7. The Morgan fingerprint density at radius 1 is 0.938 bits per heavy atom. The van der Waals surface area contributed by atoms with Gasteiger partial charge in [-0.05, 0) is 43.3 Å². The summed E-state index contributed by atoms with van der Waals surface area (Å²) < 4.78 is 16.9. The number of esters is 2. The Hall–Kier alpha value is -3.98. The van der Waals surface area contributed by atoms with Crippen LogP contribution in [0.5, 0.6) is 0 Å². The highest BCUT2D eigenvalue weighted by molar-refractivity contribution is 6.09. The molecule has 0 saturated heterocycles. The van der Waals surface area contributed by atoms with E-state index in [1.54, 1.807) is 35.8 Å². The normalized spacial score (nSPS) is 11.1. The molecule has 0 spiro atoms. The third kappa shape index (κ3) is 3.85. The summed E-state index contributed by atoms with van der Waals surface area (Å²) in [5.41, 5.74) is 9.58. The van der Waals surface area contributed by atoms with Gasteiger partial charge in [0.05, 0.1) is 29.8 Å². The Labute approximate surface area is 183 Å². The Morgan fingerprint density at radius 3 is 2.28 bits per heavy atom. The predicted octanol–water partition coefficient (Wildman–Crippen LogP) is 3.14. The number of nitrogen functional groups attached to an aromatic ring is 1. The minimum absolute atomic E-state index is 0.0801. The summed E-state index contributed by atoms with van der Waals surface area (Å²) in [5.74, 6) is -0.893. The number of methoxy groups -OCH3 is 1. The average Bonchev–Trinajstić information content (AvgIpc) is 3.08. The average molecular weight is 434 g/mol. The van der Waals surface area contributed by atoms with Crippen LogP contribution in [0.3, 0.4) is 0 Å². The molecule has 4 rings (SSSR count). The lowest BCUT2D eigenvalue weighted by atomic mass is 10.2. The van der Waals surface area contributed by atoms with Gasteiger partial charge in [-0.3, -0.25) is 4.57 Å². The predicted molar refractivity (Wildman–Crippen MR) is 119 cm³/mol. The van der Waals surface area contributed by atoms with Gasteiger partial charge in [0.25, 0.3) is 0 Å². The molecule has 0 atom stereocenters. The number of nitrogens with zero attached hydrogens (tertiary/aromatic N) is 3. The van der Waals surface area contributed by atoms with Crippen molar-refractivity contribution in [1.82, 2.24) is 14.5 Å². The first-order valence-electron chi connectivity index (χ1n) is 10.1. The maximum Gasteiger partial charge on any atom is 0.344 e. The summed E-state index contributed by atoms with van der Waals surface area (Å²) in [6, 6.07) is 14.0. The first kappa shape index (κ1) is 21.3. The van der Waals surface area contributed by atoms with E-state index in [9.17, 15) is 9.59 Å². The fourth-order valence-electron chi connectivity index (χ4n) is 3.38. The van der Waals surface area contributed by atoms with Gasteiger partial charge < -0.3 is 19.9 Å². The van der Waals surface area contributed by atoms with Crippen molar-refractivity contribution in [2.24, 2.45) is 0 Å². The maximum absolute atomic E-state index is 12.9. The van der Waals surface area contributed by atoms with E-state index in [0.717, 1.165) is 0 Å². The van der Waals surface area contributed by atoms with Gasteiger partial charge in [0, 0.05) is 12.8 Å². The van der Waals surface area contributed by atoms with E-state index in [1.807, 2.05) is 24.3 Å². The number of hydrogen-bond donors (Lipinski definition) is 1. The number of carbonyl (C=O) groups excluding carboxylic acids is 2. The van der Waals surface area contributed by atoms with E-state index in [2.05, 4.69) is 4.98 Å². The Morgan fingerprint density at radius 2 is 1.62 bits per heavy atom. The van der Waals surface area contributed by atoms with Gasteiger partial charge in [0.2, 0.25) is 0 Å². The van der Waals surface area contributed by atoms with Crippen molar-refractivity contribution in [2.45, 2.75) is 6.92 Å². The highest BCUT2D eigenvalue weighted by Crippen LogP contribution is 2.31. The number of aromatic nitrogens is 3. The number of carbonyl (C=O) groups is 2. The van der Waals surface area contributed by atoms with Gasteiger partial charge in [-0.1, -0.05) is 12.1 Å². The zero-order valence-corrected chi connectivity index (χ0v) is 17.7. The van der Waals surface area contributed by atoms with E-state index in [0.29, 0.717) is 33.4 Å². The SMILES string of the molecule is CCOC(=O)c1ccc(-n2c(N)c(C(=O)OCCOC)c3nc4ccccc4nc32)cc1. The van der Waals surface area contributed by atoms with E-state index in [1.165, 1.54) is 7.11 Å². The van der Waals surface area contributed by atoms with Crippen molar-refractivity contribution >= 4 is 40.0 Å². The molecule has 2 aromatic heterocycles. The van der Waals surface area contributed by atoms with Crippen LogP contribution in [0, 0.1) is 0 Å². The third-order valence-corrected chi connectivity index (χ3v) is 4.86. The third-order valence-electron chi connectivity index (χ3n) is 4.86. The number of hydrogen-bond acceptors (Lipinski definition) is 8. The minimum atomic E-state index is -0.615. The molecule has 164 valence electrons. The number of anilines is 1. The number of fused-ring (bicyclic) bond motifs is 2. The standard InChI is InChI=1S/C23H22N4O5/c1-3-31-22(28)14-8-10-15(11-9-14)27-20(24)18(23(29)32-13-12-30-2)19-21(27)26-17-7-5-4-6-16(17)25-19/h4-11H,3,12-13,24H2,1-2H3. The van der Waals surface area contributed by atoms with Crippen molar-refractivity contribution in [3.63, 3.8) is 0 Å². The second-order valence-electron chi connectivity index (χ2n) is 6.88. The van der Waals surface area contributed by atoms with Gasteiger partial charge in [-0.25, -0.2) is 19.6 Å². The number of ether oxygens (including phenoxy) is 3. The van der Waals surface area contributed by atoms with Crippen LogP contribution in [-0.2, 0) is 14.2 Å². The lowest BCUT2D eigenvalue weighted by Gasteiger charge is -2.09. The molecule has 9 nitrogen and oxygen atoms in total. The molecule has 2 N–H and O–H groups in total. The van der Waals surface area contributed by atoms with Crippen LogP contribution in [0.4, 0.5) is 5.82 Å². The van der Waals surface area contributed by atoms with Crippen molar-refractivity contribution in [3.05, 3.63) is 59.7 Å². The molecule has 4 aromatic rings. The molecule has 0 amide bonds. The molecule has 2 aromatic carbocycles. The molecular formula is C23H22N4O5. The van der Waals surface area contributed by atoms with Gasteiger partial charge in [0.1, 0.15) is 23.5 Å². The molecule has 0 radical (unpaired) electrons. The molecule has 0 aliphatic heterocycles. The second-order valence-corrected chi connectivity index (χ2v) is 6.88. The van der Waals surface area contributed by atoms with Crippen molar-refractivity contribution in [2.75, 3.05) is 32.7 Å². The lowest BCUT2D eigenvalue weighted by Crippen LogP contribution is -2.12. The molecule has 0 bridgehead atoms. The number of benzene rings is 2. The molecule has 0 aliphatic carbocycles. The summed E-state index contributed by atoms with van der Waals surface area (Å²) in [6.07, 6.45) is 0. The summed E-state index contributed by atoms with van der Waals surface area (Å²) in [7, 11) is 1.52. The van der Waals surface area contributed by atoms with Gasteiger partial charge >= 0.3 is 11.9 Å². The second kappa shape index (κ2) is 9.03. The van der Waals surface area contributed by atoms with Crippen LogP contribution in [-0.4, -0.2) is 53.4 Å². The number of para-hydroxylation sites is 2. The smallest absolute Gasteiger partial charge is 0.344 e. The van der Waals surface area contributed by atoms with Gasteiger partial charge in [0.15, 0.2) is 5.65 Å². The lowest BCUT2D eigenvalue weighted by molar-refractivity contribution is 0.0390. The molecule has 0 saturated carbocycles. The van der Waals surface area contributed by atoms with Gasteiger partial charge in [-0.15, -0.1) is 0 Å². The molecule has 0 aliphatic rings. The monoisotopic (exact) mass is 434 g/mol. The van der Waals surface area contributed by atoms with E-state index >= 15 is 0 Å². The van der Waals surface area contributed by atoms with Crippen molar-refractivity contribution in [1.29, 1.82) is 0 Å². The first-order valence-corrected chi connectivity index (χ1v) is 10.1. The molecule has 32 heavy (non-hydrogen) atoms. The van der Waals surface area contributed by atoms with Crippen molar-refractivity contribution in [3.8, 4) is 5.69 Å². The Kier molecular flexibility index (Phi) is 6.00. The fourth-order valence-corrected chi connectivity index (χ4v) is 3.38. The topological polar surface area (TPSA) is 119 Å². The van der Waals surface area contributed by atoms with Crippen LogP contribution >= 0.6 is 0 Å². The summed E-state index contributed by atoms with van der Waals surface area (Å²) in [4.78, 5) is 34.2. The van der Waals surface area contributed by atoms with Crippen molar-refractivity contribution < 1.29 is 23.8 Å². The fraction of sp³-hybridized carbons (Fsp3) is 0.217. The quantitative estimate of drug-likeness (QED) is 0.348. The van der Waals surface area contributed by atoms with Crippen LogP contribution in [0.2, 0.25) is 0 Å². The van der Waals surface area contributed by atoms with Crippen LogP contribution in [0.25, 0.3) is 27.9 Å². The zero-order chi connectivity index (χ0) is 22.7. The largest absolute Gasteiger partial charge is 0.462 e. The highest BCUT2D eigenvalue weighted by Gasteiger charge is 2.26. The van der Waals surface area contributed by atoms with Crippen LogP contribution in [0.15, 0.2) is 48.5 Å². The number of nitrogens with two attached hydrogens (primary N) is 1. The first-order chi connectivity index (χ1) is 15.5. The van der Waals surface area contributed by atoms with Gasteiger partial charge in [-0.2, -0.15) is 0 Å². The minimum Gasteiger partial charge on any atom is -0.462 e. The summed E-state index contributed by atoms with van der Waals surface area (Å²) in [6.45, 7) is 2.37. The summed E-state index contributed by atoms with van der Waals surface area (Å²) >= 11 is 0. The van der Waals surface area contributed by atoms with E-state index in [-0.39, 0.29) is 31.2 Å². The Bertz CT molecular complexity index is 1300. The van der Waals surface area contributed by atoms with Crippen LogP contribution in [0.1, 0.15) is 27.6 Å². The molecule has 9 heteroatoms. The molecule has 0 unspecified atom stereocenters. The maximum atomic E-state index is 12.9. The van der Waals surface area contributed by atoms with E-state index < -0.39 is 11.9 Å². The molecular weight excluding hydrogens is 412 g/mol. The molecule has 2 heterocycles. The van der Waals surface area contributed by atoms with E-state index in [4.69, 9.17) is 24.9 Å². The zero-order valence-electron chi connectivity index (χ0n) is 17.7.